The Morgan fingerprint density at radius 1 is 1.21 bits per heavy atom. The van der Waals surface area contributed by atoms with Crippen LogP contribution >= 0.6 is 0 Å². The Morgan fingerprint density at radius 3 is 2.43 bits per heavy atom. The molecule has 1 N–H and O–H groups in total. The second kappa shape index (κ2) is 5.13. The van der Waals surface area contributed by atoms with E-state index in [4.69, 9.17) is 4.84 Å². The molecule has 0 aliphatic heterocycles. The molecule has 0 aromatic heterocycles. The van der Waals surface area contributed by atoms with E-state index in [-0.39, 0.29) is 0 Å². The van der Waals surface area contributed by atoms with Gasteiger partial charge in [0.15, 0.2) is 0 Å². The quantitative estimate of drug-likeness (QED) is 0.705. The van der Waals surface area contributed by atoms with Crippen LogP contribution in [-0.2, 0) is 4.84 Å². The Bertz CT molecular complexity index is 162. The lowest BCUT2D eigenvalue weighted by Gasteiger charge is -2.40. The molecule has 0 aromatic rings. The minimum atomic E-state index is 0.398. The highest BCUT2D eigenvalue weighted by atomic mass is 16.6. The molecule has 0 radical (unpaired) electrons. The molecule has 2 heteroatoms. The third kappa shape index (κ3) is 3.25. The average molecular weight is 199 g/mol. The topological polar surface area (TPSA) is 21.3 Å². The van der Waals surface area contributed by atoms with E-state index in [1.54, 1.807) is 0 Å². The first-order valence-electron chi connectivity index (χ1n) is 5.93. The minimum Gasteiger partial charge on any atom is -0.302 e. The maximum absolute atomic E-state index is 5.35. The molecule has 0 aromatic carbocycles. The predicted octanol–water partition coefficient (Wildman–Crippen LogP) is 3.13. The van der Waals surface area contributed by atoms with Crippen LogP contribution in [0.1, 0.15) is 53.4 Å². The average Bonchev–Trinajstić information content (AvgIpc) is 2.14. The summed E-state index contributed by atoms with van der Waals surface area (Å²) in [6.07, 6.45) is 5.33. The lowest BCUT2D eigenvalue weighted by atomic mass is 9.70. The Kier molecular flexibility index (Phi) is 4.39. The second-order valence-electron chi connectivity index (χ2n) is 5.41. The first kappa shape index (κ1) is 12.0. The highest BCUT2D eigenvalue weighted by molar-refractivity contribution is 4.86. The zero-order valence-electron chi connectivity index (χ0n) is 10.1. The van der Waals surface area contributed by atoms with Crippen molar-refractivity contribution in [3.8, 4) is 0 Å². The summed E-state index contributed by atoms with van der Waals surface area (Å²) in [5.41, 5.74) is 3.63. The summed E-state index contributed by atoms with van der Waals surface area (Å²) in [6.45, 7) is 9.80. The molecular weight excluding hydrogens is 174 g/mol. The van der Waals surface area contributed by atoms with Crippen LogP contribution in [0.2, 0.25) is 0 Å². The number of nitrogens with one attached hydrogen (secondary N) is 1. The summed E-state index contributed by atoms with van der Waals surface area (Å²) < 4.78 is 0. The van der Waals surface area contributed by atoms with Gasteiger partial charge in [-0.05, 0) is 31.1 Å². The maximum atomic E-state index is 5.35. The molecule has 0 heterocycles. The molecule has 2 nitrogen and oxygen atoms in total. The Hall–Kier alpha value is -0.0800. The third-order valence-corrected chi connectivity index (χ3v) is 3.26. The van der Waals surface area contributed by atoms with Crippen molar-refractivity contribution >= 4 is 0 Å². The van der Waals surface area contributed by atoms with Crippen LogP contribution in [0.5, 0.6) is 0 Å². The van der Waals surface area contributed by atoms with E-state index in [0.717, 1.165) is 12.5 Å². The molecule has 1 rings (SSSR count). The fourth-order valence-corrected chi connectivity index (χ4v) is 2.50. The molecule has 1 fully saturated rings. The van der Waals surface area contributed by atoms with E-state index in [2.05, 4.69) is 26.3 Å². The molecular formula is C12H25NO. The Balaban J connectivity index is 2.50. The van der Waals surface area contributed by atoms with Gasteiger partial charge in [-0.15, -0.1) is 0 Å². The van der Waals surface area contributed by atoms with Crippen molar-refractivity contribution in [2.75, 3.05) is 6.61 Å². The van der Waals surface area contributed by atoms with Crippen molar-refractivity contribution < 1.29 is 4.84 Å². The molecule has 1 saturated carbocycles. The molecule has 2 unspecified atom stereocenters. The number of hydroxylamine groups is 1. The number of hydrogen-bond donors (Lipinski definition) is 1. The van der Waals surface area contributed by atoms with E-state index < -0.39 is 0 Å². The first-order chi connectivity index (χ1) is 6.55. The van der Waals surface area contributed by atoms with Crippen molar-refractivity contribution in [2.24, 2.45) is 11.3 Å². The van der Waals surface area contributed by atoms with Crippen LogP contribution in [0.3, 0.4) is 0 Å². The normalized spacial score (nSPS) is 29.1. The maximum Gasteiger partial charge on any atom is 0.0654 e. The molecule has 84 valence electrons. The zero-order valence-corrected chi connectivity index (χ0v) is 10.1. The summed E-state index contributed by atoms with van der Waals surface area (Å²) in [4.78, 5) is 5.35. The summed E-state index contributed by atoms with van der Waals surface area (Å²) in [5.74, 6) is 0.753. The smallest absolute Gasteiger partial charge is 0.0654 e. The Labute approximate surface area is 88.4 Å². The van der Waals surface area contributed by atoms with E-state index in [9.17, 15) is 0 Å². The number of rotatable bonds is 3. The van der Waals surface area contributed by atoms with Crippen LogP contribution in [0, 0.1) is 11.3 Å². The highest BCUT2D eigenvalue weighted by Crippen LogP contribution is 2.37. The summed E-state index contributed by atoms with van der Waals surface area (Å²) in [7, 11) is 0. The van der Waals surface area contributed by atoms with Gasteiger partial charge in [0.05, 0.1) is 6.61 Å². The van der Waals surface area contributed by atoms with Crippen LogP contribution < -0.4 is 5.48 Å². The third-order valence-electron chi connectivity index (χ3n) is 3.26. The van der Waals surface area contributed by atoms with Crippen molar-refractivity contribution in [3.63, 3.8) is 0 Å². The molecule has 14 heavy (non-hydrogen) atoms. The molecule has 0 saturated heterocycles. The highest BCUT2D eigenvalue weighted by Gasteiger charge is 2.33. The standard InChI is InChI=1S/C12H25NO/c1-5-14-13-11-9-7-6-8-10(11)12(2,3)4/h10-11,13H,5-9H2,1-4H3. The van der Waals surface area contributed by atoms with Crippen molar-refractivity contribution in [3.05, 3.63) is 0 Å². The monoisotopic (exact) mass is 199 g/mol. The molecule has 0 bridgehead atoms. The van der Waals surface area contributed by atoms with Gasteiger partial charge in [0, 0.05) is 6.04 Å². The van der Waals surface area contributed by atoms with E-state index >= 15 is 0 Å². The minimum absolute atomic E-state index is 0.398. The van der Waals surface area contributed by atoms with E-state index in [0.29, 0.717) is 11.5 Å². The molecule has 1 aliphatic carbocycles. The summed E-state index contributed by atoms with van der Waals surface area (Å²) in [6, 6.07) is 0.559. The lowest BCUT2D eigenvalue weighted by Crippen LogP contribution is -2.44. The van der Waals surface area contributed by atoms with E-state index in [1.165, 1.54) is 25.7 Å². The van der Waals surface area contributed by atoms with Gasteiger partial charge in [-0.1, -0.05) is 33.6 Å². The van der Waals surface area contributed by atoms with E-state index in [1.807, 2.05) is 6.92 Å². The SMILES string of the molecule is CCONC1CCCCC1C(C)(C)C. The van der Waals surface area contributed by atoms with Gasteiger partial charge in [-0.25, -0.2) is 0 Å². The molecule has 2 atom stereocenters. The molecule has 1 aliphatic rings. The fourth-order valence-electron chi connectivity index (χ4n) is 2.50. The number of hydrogen-bond acceptors (Lipinski definition) is 2. The van der Waals surface area contributed by atoms with Crippen molar-refractivity contribution in [2.45, 2.75) is 59.4 Å². The van der Waals surface area contributed by atoms with Gasteiger partial charge in [-0.3, -0.25) is 0 Å². The van der Waals surface area contributed by atoms with Crippen molar-refractivity contribution in [1.82, 2.24) is 5.48 Å². The fraction of sp³-hybridized carbons (Fsp3) is 1.00. The van der Waals surface area contributed by atoms with Gasteiger partial charge in [0.1, 0.15) is 0 Å². The summed E-state index contributed by atoms with van der Waals surface area (Å²) >= 11 is 0. The largest absolute Gasteiger partial charge is 0.302 e. The van der Waals surface area contributed by atoms with Crippen molar-refractivity contribution in [1.29, 1.82) is 0 Å². The van der Waals surface area contributed by atoms with Crippen LogP contribution in [0.4, 0.5) is 0 Å². The zero-order chi connectivity index (χ0) is 10.6. The molecule has 0 spiro atoms. The van der Waals surface area contributed by atoms with Gasteiger partial charge in [0.25, 0.3) is 0 Å². The van der Waals surface area contributed by atoms with Gasteiger partial charge < -0.3 is 4.84 Å². The first-order valence-corrected chi connectivity index (χ1v) is 5.93. The Morgan fingerprint density at radius 2 is 1.86 bits per heavy atom. The predicted molar refractivity (Wildman–Crippen MR) is 60.0 cm³/mol. The van der Waals surface area contributed by atoms with Crippen LogP contribution in [0.15, 0.2) is 0 Å². The van der Waals surface area contributed by atoms with Gasteiger partial charge in [-0.2, -0.15) is 5.48 Å². The van der Waals surface area contributed by atoms with Crippen LogP contribution in [0.25, 0.3) is 0 Å². The lowest BCUT2D eigenvalue weighted by molar-refractivity contribution is -0.0231. The van der Waals surface area contributed by atoms with Gasteiger partial charge in [0.2, 0.25) is 0 Å². The van der Waals surface area contributed by atoms with Gasteiger partial charge >= 0.3 is 0 Å². The van der Waals surface area contributed by atoms with Crippen LogP contribution in [-0.4, -0.2) is 12.6 Å². The molecule has 0 amide bonds. The summed E-state index contributed by atoms with van der Waals surface area (Å²) in [5, 5.41) is 0. The second-order valence-corrected chi connectivity index (χ2v) is 5.41.